The molecule has 4 heterocycles. The van der Waals surface area contributed by atoms with Crippen molar-refractivity contribution in [3.63, 3.8) is 0 Å². The molecule has 1 saturated heterocycles. The Hall–Kier alpha value is -3.57. The molecule has 0 aliphatic carbocycles. The molecule has 0 radical (unpaired) electrons. The molecule has 0 amide bonds. The number of fused-ring (bicyclic) bond motifs is 1. The molecule has 188 valence electrons. The molecule has 1 aliphatic rings. The first-order valence-corrected chi connectivity index (χ1v) is 11.5. The van der Waals surface area contributed by atoms with E-state index in [4.69, 9.17) is 5.73 Å². The second-order valence-corrected chi connectivity index (χ2v) is 9.14. The van der Waals surface area contributed by atoms with Gasteiger partial charge in [-0.25, -0.2) is 14.1 Å². The summed E-state index contributed by atoms with van der Waals surface area (Å²) in [6.45, 7) is 1.08. The molecule has 0 saturated carbocycles. The molecule has 1 fully saturated rings. The highest BCUT2D eigenvalue weighted by atomic mass is 19.4. The van der Waals surface area contributed by atoms with E-state index < -0.39 is 23.5 Å². The molecule has 1 atom stereocenters. The summed E-state index contributed by atoms with van der Waals surface area (Å²) in [5, 5.41) is 7.50. The predicted octanol–water partition coefficient (Wildman–Crippen LogP) is 4.76. The van der Waals surface area contributed by atoms with E-state index in [0.717, 1.165) is 0 Å². The minimum Gasteiger partial charge on any atom is -0.338 e. The van der Waals surface area contributed by atoms with Crippen LogP contribution in [0.4, 0.5) is 29.1 Å². The van der Waals surface area contributed by atoms with Gasteiger partial charge in [-0.2, -0.15) is 18.3 Å². The summed E-state index contributed by atoms with van der Waals surface area (Å²) in [7, 11) is 1.88. The zero-order valence-electron chi connectivity index (χ0n) is 19.5. The van der Waals surface area contributed by atoms with E-state index in [0.29, 0.717) is 37.0 Å². The number of nitrogens with zero attached hydrogens (tertiary/aromatic N) is 5. The van der Waals surface area contributed by atoms with Crippen LogP contribution in [0.15, 0.2) is 61.1 Å². The third kappa shape index (κ3) is 4.40. The lowest BCUT2D eigenvalue weighted by Crippen LogP contribution is -2.58. The van der Waals surface area contributed by atoms with E-state index in [2.05, 4.69) is 20.4 Å². The van der Waals surface area contributed by atoms with Crippen LogP contribution in [0, 0.1) is 11.7 Å². The summed E-state index contributed by atoms with van der Waals surface area (Å²) in [4.78, 5) is 10.6. The molecule has 3 aromatic heterocycles. The second-order valence-electron chi connectivity index (χ2n) is 9.14. The van der Waals surface area contributed by atoms with Crippen LogP contribution in [0.2, 0.25) is 0 Å². The van der Waals surface area contributed by atoms with Crippen molar-refractivity contribution in [2.24, 2.45) is 11.7 Å². The van der Waals surface area contributed by atoms with Crippen molar-refractivity contribution in [2.75, 3.05) is 25.5 Å². The molecular weight excluding hydrogens is 474 g/mol. The van der Waals surface area contributed by atoms with Crippen LogP contribution in [-0.2, 0) is 5.54 Å². The van der Waals surface area contributed by atoms with Crippen LogP contribution >= 0.6 is 0 Å². The van der Waals surface area contributed by atoms with Gasteiger partial charge >= 0.3 is 6.18 Å². The summed E-state index contributed by atoms with van der Waals surface area (Å²) in [6, 6.07) is 10.6. The Labute approximate surface area is 204 Å². The maximum absolute atomic E-state index is 14.7. The van der Waals surface area contributed by atoms with Gasteiger partial charge in [-0.05, 0) is 69.2 Å². The zero-order chi connectivity index (χ0) is 25.5. The molecule has 5 rings (SSSR count). The van der Waals surface area contributed by atoms with E-state index in [-0.39, 0.29) is 22.7 Å². The van der Waals surface area contributed by atoms with Crippen molar-refractivity contribution in [3.05, 3.63) is 72.6 Å². The molecule has 1 aromatic carbocycles. The fraction of sp³-hybridized carbons (Fsp3) is 0.320. The first-order valence-electron chi connectivity index (χ1n) is 11.5. The molecular formula is C25H25F4N7. The zero-order valence-corrected chi connectivity index (χ0v) is 19.5. The minimum absolute atomic E-state index is 0.156. The summed E-state index contributed by atoms with van der Waals surface area (Å²) in [6.07, 6.45) is 0.728. The van der Waals surface area contributed by atoms with Gasteiger partial charge in [0.15, 0.2) is 5.54 Å². The Morgan fingerprint density at radius 2 is 1.86 bits per heavy atom. The molecule has 4 aromatic rings. The fourth-order valence-electron chi connectivity index (χ4n) is 4.67. The number of pyridine rings is 2. The monoisotopic (exact) mass is 499 g/mol. The molecule has 7 nitrogen and oxygen atoms in total. The van der Waals surface area contributed by atoms with Gasteiger partial charge in [0.25, 0.3) is 0 Å². The minimum atomic E-state index is -4.68. The number of halogens is 4. The summed E-state index contributed by atoms with van der Waals surface area (Å²) in [5.74, 6) is -1.08. The van der Waals surface area contributed by atoms with Crippen LogP contribution in [0.5, 0.6) is 0 Å². The summed E-state index contributed by atoms with van der Waals surface area (Å²) < 4.78 is 59.4. The third-order valence-electron chi connectivity index (χ3n) is 6.81. The molecule has 11 heteroatoms. The summed E-state index contributed by atoms with van der Waals surface area (Å²) in [5.41, 5.74) is 4.32. The quantitative estimate of drug-likeness (QED) is 0.386. The average Bonchev–Trinajstić information content (AvgIpc) is 3.39. The molecule has 36 heavy (non-hydrogen) atoms. The lowest BCUT2D eigenvalue weighted by Gasteiger charge is -2.42. The molecule has 1 unspecified atom stereocenters. The number of benzene rings is 1. The van der Waals surface area contributed by atoms with E-state index in [1.807, 2.05) is 11.9 Å². The molecule has 3 N–H and O–H groups in total. The van der Waals surface area contributed by atoms with Gasteiger partial charge in [0.2, 0.25) is 0 Å². The first kappa shape index (κ1) is 24.1. The molecule has 1 aliphatic heterocycles. The Bertz CT molecular complexity index is 1360. The highest BCUT2D eigenvalue weighted by molar-refractivity contribution is 5.81. The maximum Gasteiger partial charge on any atom is 0.412 e. The number of alkyl halides is 3. The van der Waals surface area contributed by atoms with Gasteiger partial charge < -0.3 is 16.0 Å². The largest absolute Gasteiger partial charge is 0.412 e. The normalized spacial score (nSPS) is 17.3. The van der Waals surface area contributed by atoms with Crippen LogP contribution in [0.3, 0.4) is 0 Å². The van der Waals surface area contributed by atoms with Crippen molar-refractivity contribution in [2.45, 2.75) is 24.6 Å². The van der Waals surface area contributed by atoms with Gasteiger partial charge in [-0.15, -0.1) is 0 Å². The first-order chi connectivity index (χ1) is 17.1. The van der Waals surface area contributed by atoms with E-state index in [1.54, 1.807) is 24.5 Å². The van der Waals surface area contributed by atoms with Crippen LogP contribution < -0.4 is 11.1 Å². The third-order valence-corrected chi connectivity index (χ3v) is 6.81. The Kier molecular flexibility index (Phi) is 6.13. The SMILES string of the molecule is CN1CCC(C(N)(c2ccc3cnc(Nc4ccc(-n5cccn5)cc4F)cc3n2)C(F)(F)F)CC1. The number of rotatable bonds is 5. The maximum atomic E-state index is 14.7. The standard InChI is InChI=1S/C25H25F4N7/c1-35-11-7-17(8-12-35)24(30,25(27,28)29)22-6-3-16-15-31-23(14-21(16)33-22)34-20-5-4-18(13-19(20)26)36-10-2-9-32-36/h2-6,9-10,13-15,17H,7-8,11-12,30H2,1H3,(H,31,34). The number of likely N-dealkylation sites (tertiary alicyclic amines) is 1. The Balaban J connectivity index is 1.46. The number of aromatic nitrogens is 4. The fourth-order valence-corrected chi connectivity index (χ4v) is 4.67. The van der Waals surface area contributed by atoms with E-state index in [1.165, 1.54) is 41.2 Å². The number of hydrogen-bond donors (Lipinski definition) is 2. The number of nitrogens with one attached hydrogen (secondary N) is 1. The van der Waals surface area contributed by atoms with Gasteiger partial charge in [-0.1, -0.05) is 0 Å². The molecule has 0 bridgehead atoms. The smallest absolute Gasteiger partial charge is 0.338 e. The van der Waals surface area contributed by atoms with Crippen molar-refractivity contribution < 1.29 is 17.6 Å². The Morgan fingerprint density at radius 1 is 1.08 bits per heavy atom. The van der Waals surface area contributed by atoms with Crippen molar-refractivity contribution >= 4 is 22.4 Å². The van der Waals surface area contributed by atoms with Gasteiger partial charge in [-0.3, -0.25) is 4.98 Å². The number of nitrogens with two attached hydrogens (primary N) is 1. The second kappa shape index (κ2) is 9.14. The molecule has 0 spiro atoms. The van der Waals surface area contributed by atoms with E-state index >= 15 is 0 Å². The van der Waals surface area contributed by atoms with E-state index in [9.17, 15) is 17.6 Å². The Morgan fingerprint density at radius 3 is 2.53 bits per heavy atom. The topological polar surface area (TPSA) is 84.9 Å². The average molecular weight is 500 g/mol. The van der Waals surface area contributed by atoms with Crippen LogP contribution in [0.25, 0.3) is 16.6 Å². The van der Waals surface area contributed by atoms with Crippen LogP contribution in [0.1, 0.15) is 18.5 Å². The van der Waals surface area contributed by atoms with Gasteiger partial charge in [0.1, 0.15) is 11.6 Å². The summed E-state index contributed by atoms with van der Waals surface area (Å²) >= 11 is 0. The lowest BCUT2D eigenvalue weighted by atomic mass is 9.75. The van der Waals surface area contributed by atoms with Crippen molar-refractivity contribution in [1.29, 1.82) is 0 Å². The number of anilines is 2. The van der Waals surface area contributed by atoms with Gasteiger partial charge in [0.05, 0.1) is 22.6 Å². The lowest BCUT2D eigenvalue weighted by molar-refractivity contribution is -0.210. The van der Waals surface area contributed by atoms with Crippen molar-refractivity contribution in [3.8, 4) is 5.69 Å². The number of hydrogen-bond acceptors (Lipinski definition) is 6. The van der Waals surface area contributed by atoms with Crippen LogP contribution in [-0.4, -0.2) is 51.0 Å². The van der Waals surface area contributed by atoms with Crippen molar-refractivity contribution in [1.82, 2.24) is 24.6 Å². The highest BCUT2D eigenvalue weighted by Gasteiger charge is 2.58. The highest BCUT2D eigenvalue weighted by Crippen LogP contribution is 2.45. The number of piperidine rings is 1. The van der Waals surface area contributed by atoms with Gasteiger partial charge in [0, 0.05) is 36.1 Å². The predicted molar refractivity (Wildman–Crippen MR) is 128 cm³/mol.